The molecule has 0 saturated heterocycles. The van der Waals surface area contributed by atoms with Gasteiger partial charge in [-0.15, -0.1) is 0 Å². The van der Waals surface area contributed by atoms with Gasteiger partial charge in [0.1, 0.15) is 18.1 Å². The summed E-state index contributed by atoms with van der Waals surface area (Å²) in [5, 5.41) is 11.3. The topological polar surface area (TPSA) is 62.2 Å². The summed E-state index contributed by atoms with van der Waals surface area (Å²) in [6, 6.07) is 5.19. The Balaban J connectivity index is 2.62. The number of carbonyl (C=O) groups is 1. The summed E-state index contributed by atoms with van der Waals surface area (Å²) in [6.45, 7) is -0.202. The van der Waals surface area contributed by atoms with Crippen LogP contribution in [0.2, 0.25) is 0 Å². The molecule has 17 heavy (non-hydrogen) atoms. The van der Waals surface area contributed by atoms with Gasteiger partial charge in [0.2, 0.25) is 5.91 Å². The fourth-order valence-electron chi connectivity index (χ4n) is 1.10. The van der Waals surface area contributed by atoms with E-state index in [1.165, 1.54) is 0 Å². The van der Waals surface area contributed by atoms with Crippen LogP contribution in [0.5, 0.6) is 0 Å². The fourth-order valence-corrected chi connectivity index (χ4v) is 1.49. The maximum absolute atomic E-state index is 11.5. The van der Waals surface area contributed by atoms with Crippen LogP contribution in [0.3, 0.4) is 0 Å². The van der Waals surface area contributed by atoms with Gasteiger partial charge < -0.3 is 10.4 Å². The SMILES string of the molecule is CSCCC(=O)Nc1cccc(C#CCO)n1. The largest absolute Gasteiger partial charge is 0.384 e. The summed E-state index contributed by atoms with van der Waals surface area (Å²) in [5.74, 6) is 6.41. The molecule has 0 radical (unpaired) electrons. The lowest BCUT2D eigenvalue weighted by Gasteiger charge is -2.03. The van der Waals surface area contributed by atoms with Crippen molar-refractivity contribution >= 4 is 23.5 Å². The number of aromatic nitrogens is 1. The van der Waals surface area contributed by atoms with E-state index in [9.17, 15) is 4.79 Å². The minimum absolute atomic E-state index is 0.0564. The Morgan fingerprint density at radius 3 is 3.12 bits per heavy atom. The van der Waals surface area contributed by atoms with Crippen LogP contribution in [0, 0.1) is 11.8 Å². The van der Waals surface area contributed by atoms with E-state index in [0.717, 1.165) is 5.75 Å². The van der Waals surface area contributed by atoms with Gasteiger partial charge in [-0.25, -0.2) is 4.98 Å². The summed E-state index contributed by atoms with van der Waals surface area (Å²) in [7, 11) is 0. The molecule has 0 spiro atoms. The van der Waals surface area contributed by atoms with Gasteiger partial charge in [-0.1, -0.05) is 12.0 Å². The van der Waals surface area contributed by atoms with E-state index >= 15 is 0 Å². The number of nitrogens with one attached hydrogen (secondary N) is 1. The van der Waals surface area contributed by atoms with Crippen LogP contribution in [0.25, 0.3) is 0 Å². The molecular weight excluding hydrogens is 236 g/mol. The van der Waals surface area contributed by atoms with Gasteiger partial charge in [0.15, 0.2) is 0 Å². The third kappa shape index (κ3) is 5.38. The number of amides is 1. The second-order valence-electron chi connectivity index (χ2n) is 3.16. The Morgan fingerprint density at radius 1 is 1.59 bits per heavy atom. The molecule has 1 heterocycles. The first kappa shape index (κ1) is 13.6. The molecule has 1 aromatic rings. The standard InChI is InChI=1S/C12H14N2O2S/c1-17-9-7-12(16)14-11-6-2-4-10(13-11)5-3-8-15/h2,4,6,15H,7-9H2,1H3,(H,13,14,16). The molecule has 0 aliphatic carbocycles. The lowest BCUT2D eigenvalue weighted by molar-refractivity contribution is -0.115. The van der Waals surface area contributed by atoms with Crippen LogP contribution in [0.15, 0.2) is 18.2 Å². The average molecular weight is 250 g/mol. The Labute approximate surface area is 105 Å². The Kier molecular flexibility index (Phi) is 6.15. The molecular formula is C12H14N2O2S. The summed E-state index contributed by atoms with van der Waals surface area (Å²) in [5.41, 5.74) is 0.529. The first-order chi connectivity index (χ1) is 8.26. The van der Waals surface area contributed by atoms with Crippen molar-refractivity contribution in [2.45, 2.75) is 6.42 Å². The van der Waals surface area contributed by atoms with Crippen LogP contribution in [0.4, 0.5) is 5.82 Å². The van der Waals surface area contributed by atoms with Crippen molar-refractivity contribution in [3.63, 3.8) is 0 Å². The van der Waals surface area contributed by atoms with Crippen LogP contribution in [-0.2, 0) is 4.79 Å². The number of pyridine rings is 1. The van der Waals surface area contributed by atoms with Crippen LogP contribution >= 0.6 is 11.8 Å². The normalized spacial score (nSPS) is 9.29. The average Bonchev–Trinajstić information content (AvgIpc) is 2.34. The van der Waals surface area contributed by atoms with Crippen molar-refractivity contribution in [1.29, 1.82) is 0 Å². The smallest absolute Gasteiger partial charge is 0.226 e. The molecule has 0 fully saturated rings. The highest BCUT2D eigenvalue weighted by Gasteiger charge is 2.02. The van der Waals surface area contributed by atoms with E-state index in [1.807, 2.05) is 6.26 Å². The van der Waals surface area contributed by atoms with Crippen molar-refractivity contribution in [1.82, 2.24) is 4.98 Å². The monoisotopic (exact) mass is 250 g/mol. The molecule has 0 aromatic carbocycles. The zero-order chi connectivity index (χ0) is 12.5. The molecule has 0 aliphatic rings. The minimum Gasteiger partial charge on any atom is -0.384 e. The zero-order valence-corrected chi connectivity index (χ0v) is 10.4. The highest BCUT2D eigenvalue weighted by atomic mass is 32.2. The first-order valence-corrected chi connectivity index (χ1v) is 6.51. The summed E-state index contributed by atoms with van der Waals surface area (Å²) in [4.78, 5) is 15.6. The maximum Gasteiger partial charge on any atom is 0.226 e. The van der Waals surface area contributed by atoms with Gasteiger partial charge in [-0.2, -0.15) is 11.8 Å². The molecule has 0 bridgehead atoms. The van der Waals surface area contributed by atoms with Crippen molar-refractivity contribution < 1.29 is 9.90 Å². The van der Waals surface area contributed by atoms with E-state index < -0.39 is 0 Å². The zero-order valence-electron chi connectivity index (χ0n) is 9.56. The number of aliphatic hydroxyl groups is 1. The molecule has 90 valence electrons. The van der Waals surface area contributed by atoms with Gasteiger partial charge in [-0.3, -0.25) is 4.79 Å². The number of anilines is 1. The molecule has 1 amide bonds. The Morgan fingerprint density at radius 2 is 2.41 bits per heavy atom. The molecule has 0 atom stereocenters. The van der Waals surface area contributed by atoms with Gasteiger partial charge >= 0.3 is 0 Å². The van der Waals surface area contributed by atoms with Gasteiger partial charge in [-0.05, 0) is 24.3 Å². The van der Waals surface area contributed by atoms with Crippen LogP contribution in [0.1, 0.15) is 12.1 Å². The van der Waals surface area contributed by atoms with Crippen LogP contribution < -0.4 is 5.32 Å². The van der Waals surface area contributed by atoms with E-state index in [0.29, 0.717) is 17.9 Å². The summed E-state index contributed by atoms with van der Waals surface area (Å²) in [6.07, 6.45) is 2.42. The van der Waals surface area contributed by atoms with Crippen molar-refractivity contribution in [2.24, 2.45) is 0 Å². The number of aliphatic hydroxyl groups excluding tert-OH is 1. The minimum atomic E-state index is -0.202. The Hall–Kier alpha value is -1.51. The molecule has 4 nitrogen and oxygen atoms in total. The number of nitrogens with zero attached hydrogens (tertiary/aromatic N) is 1. The van der Waals surface area contributed by atoms with Gasteiger partial charge in [0.25, 0.3) is 0 Å². The predicted octanol–water partition coefficient (Wildman–Crippen LogP) is 1.12. The molecule has 0 aliphatic heterocycles. The quantitative estimate of drug-likeness (QED) is 0.786. The van der Waals surface area contributed by atoms with E-state index in [2.05, 4.69) is 22.1 Å². The van der Waals surface area contributed by atoms with E-state index in [1.54, 1.807) is 30.0 Å². The van der Waals surface area contributed by atoms with E-state index in [4.69, 9.17) is 5.11 Å². The van der Waals surface area contributed by atoms with Crippen molar-refractivity contribution in [3.8, 4) is 11.8 Å². The lowest BCUT2D eigenvalue weighted by Crippen LogP contribution is -2.13. The third-order valence-corrected chi connectivity index (χ3v) is 2.46. The van der Waals surface area contributed by atoms with Gasteiger partial charge in [0, 0.05) is 12.2 Å². The first-order valence-electron chi connectivity index (χ1n) is 5.12. The molecule has 5 heteroatoms. The van der Waals surface area contributed by atoms with Gasteiger partial charge in [0.05, 0.1) is 0 Å². The number of thioether (sulfide) groups is 1. The summed E-state index contributed by atoms with van der Waals surface area (Å²) >= 11 is 1.62. The Bertz CT molecular complexity index is 438. The lowest BCUT2D eigenvalue weighted by atomic mass is 10.3. The second kappa shape index (κ2) is 7.71. The maximum atomic E-state index is 11.5. The summed E-state index contributed by atoms with van der Waals surface area (Å²) < 4.78 is 0. The number of carbonyl (C=O) groups excluding carboxylic acids is 1. The van der Waals surface area contributed by atoms with Crippen molar-refractivity contribution in [3.05, 3.63) is 23.9 Å². The van der Waals surface area contributed by atoms with Crippen molar-refractivity contribution in [2.75, 3.05) is 23.9 Å². The molecule has 0 unspecified atom stereocenters. The highest BCUT2D eigenvalue weighted by molar-refractivity contribution is 7.98. The number of rotatable bonds is 4. The molecule has 0 saturated carbocycles. The van der Waals surface area contributed by atoms with Crippen LogP contribution in [-0.4, -0.2) is 34.6 Å². The predicted molar refractivity (Wildman–Crippen MR) is 69.8 cm³/mol. The van der Waals surface area contributed by atoms with E-state index in [-0.39, 0.29) is 12.5 Å². The fraction of sp³-hybridized carbons (Fsp3) is 0.333. The molecule has 1 aromatic heterocycles. The number of hydrogen-bond acceptors (Lipinski definition) is 4. The second-order valence-corrected chi connectivity index (χ2v) is 4.14. The number of hydrogen-bond donors (Lipinski definition) is 2. The molecule has 1 rings (SSSR count). The molecule has 2 N–H and O–H groups in total. The third-order valence-electron chi connectivity index (χ3n) is 1.85. The highest BCUT2D eigenvalue weighted by Crippen LogP contribution is 2.05.